The Morgan fingerprint density at radius 3 is 3.56 bits per heavy atom. The average molecular weight is 125 g/mol. The van der Waals surface area contributed by atoms with Crippen molar-refractivity contribution in [3.8, 4) is 0 Å². The van der Waals surface area contributed by atoms with Gasteiger partial charge in [-0.05, 0) is 0 Å². The summed E-state index contributed by atoms with van der Waals surface area (Å²) in [6.07, 6.45) is 1.56. The SMILES string of the molecule is c1nc2n(n1)CCOC2. The van der Waals surface area contributed by atoms with Gasteiger partial charge in [0.2, 0.25) is 0 Å². The van der Waals surface area contributed by atoms with Crippen LogP contribution in [0.4, 0.5) is 0 Å². The third-order valence-corrected chi connectivity index (χ3v) is 1.37. The van der Waals surface area contributed by atoms with Crippen molar-refractivity contribution in [1.29, 1.82) is 0 Å². The molecule has 0 amide bonds. The molecular formula is C5H7N3O. The Kier molecular flexibility index (Phi) is 0.989. The number of rotatable bonds is 0. The molecule has 1 aliphatic rings. The van der Waals surface area contributed by atoms with Crippen molar-refractivity contribution in [2.24, 2.45) is 0 Å². The molecule has 4 nitrogen and oxygen atoms in total. The van der Waals surface area contributed by atoms with Gasteiger partial charge in [0.1, 0.15) is 12.9 Å². The monoisotopic (exact) mass is 125 g/mol. The summed E-state index contributed by atoms with van der Waals surface area (Å²) >= 11 is 0. The smallest absolute Gasteiger partial charge is 0.152 e. The molecule has 0 bridgehead atoms. The van der Waals surface area contributed by atoms with Gasteiger partial charge in [-0.25, -0.2) is 9.67 Å². The lowest BCUT2D eigenvalue weighted by molar-refractivity contribution is 0.0769. The molecule has 2 heterocycles. The highest BCUT2D eigenvalue weighted by atomic mass is 16.5. The van der Waals surface area contributed by atoms with Gasteiger partial charge in [-0.1, -0.05) is 0 Å². The summed E-state index contributed by atoms with van der Waals surface area (Å²) in [5.74, 6) is 0.932. The van der Waals surface area contributed by atoms with Gasteiger partial charge in [0.15, 0.2) is 5.82 Å². The molecule has 9 heavy (non-hydrogen) atoms. The standard InChI is InChI=1S/C5H7N3O/c1-2-9-3-5-6-4-7-8(1)5/h4H,1-3H2. The predicted molar refractivity (Wildman–Crippen MR) is 29.7 cm³/mol. The van der Waals surface area contributed by atoms with E-state index in [1.54, 1.807) is 6.33 Å². The summed E-state index contributed by atoms with van der Waals surface area (Å²) < 4.78 is 7.00. The first-order valence-corrected chi connectivity index (χ1v) is 2.91. The van der Waals surface area contributed by atoms with Crippen molar-refractivity contribution < 1.29 is 4.74 Å². The van der Waals surface area contributed by atoms with Crippen molar-refractivity contribution in [1.82, 2.24) is 14.8 Å². The van der Waals surface area contributed by atoms with Gasteiger partial charge < -0.3 is 4.74 Å². The summed E-state index contributed by atoms with van der Waals surface area (Å²) in [5.41, 5.74) is 0. The molecule has 1 aromatic rings. The lowest BCUT2D eigenvalue weighted by Gasteiger charge is -2.11. The van der Waals surface area contributed by atoms with Crippen LogP contribution in [0, 0.1) is 0 Å². The van der Waals surface area contributed by atoms with Crippen LogP contribution in [0.1, 0.15) is 5.82 Å². The summed E-state index contributed by atoms with van der Waals surface area (Å²) in [7, 11) is 0. The molecule has 0 saturated carbocycles. The fourth-order valence-corrected chi connectivity index (χ4v) is 0.901. The minimum absolute atomic E-state index is 0.611. The third kappa shape index (κ3) is 0.712. The maximum absolute atomic E-state index is 5.13. The highest BCUT2D eigenvalue weighted by Crippen LogP contribution is 2.01. The zero-order valence-corrected chi connectivity index (χ0v) is 4.95. The molecule has 0 fully saturated rings. The Morgan fingerprint density at radius 1 is 1.67 bits per heavy atom. The second kappa shape index (κ2) is 1.80. The van der Waals surface area contributed by atoms with Crippen molar-refractivity contribution >= 4 is 0 Å². The summed E-state index contributed by atoms with van der Waals surface area (Å²) in [6.45, 7) is 2.21. The van der Waals surface area contributed by atoms with E-state index in [4.69, 9.17) is 4.74 Å². The van der Waals surface area contributed by atoms with E-state index in [0.29, 0.717) is 6.61 Å². The quantitative estimate of drug-likeness (QED) is 0.482. The molecule has 0 saturated heterocycles. The lowest BCUT2D eigenvalue weighted by atomic mass is 10.5. The summed E-state index contributed by atoms with van der Waals surface area (Å²) in [4.78, 5) is 3.98. The van der Waals surface area contributed by atoms with Gasteiger partial charge >= 0.3 is 0 Å². The number of fused-ring (bicyclic) bond motifs is 1. The molecule has 0 atom stereocenters. The number of aromatic nitrogens is 3. The third-order valence-electron chi connectivity index (χ3n) is 1.37. The van der Waals surface area contributed by atoms with Crippen molar-refractivity contribution in [3.63, 3.8) is 0 Å². The van der Waals surface area contributed by atoms with E-state index in [1.165, 1.54) is 0 Å². The Morgan fingerprint density at radius 2 is 2.67 bits per heavy atom. The molecule has 0 unspecified atom stereocenters. The molecule has 1 aliphatic heterocycles. The van der Waals surface area contributed by atoms with Gasteiger partial charge in [0.25, 0.3) is 0 Å². The van der Waals surface area contributed by atoms with Crippen LogP contribution in [0.3, 0.4) is 0 Å². The topological polar surface area (TPSA) is 39.9 Å². The first kappa shape index (κ1) is 4.93. The van der Waals surface area contributed by atoms with E-state index in [1.807, 2.05) is 4.68 Å². The number of ether oxygens (including phenoxy) is 1. The predicted octanol–water partition coefficient (Wildman–Crippen LogP) is -0.192. The van der Waals surface area contributed by atoms with Gasteiger partial charge in [0.05, 0.1) is 13.2 Å². The Balaban J connectivity index is 2.39. The van der Waals surface area contributed by atoms with Crippen molar-refractivity contribution in [2.45, 2.75) is 13.2 Å². The van der Waals surface area contributed by atoms with E-state index in [0.717, 1.165) is 19.0 Å². The molecule has 0 radical (unpaired) electrons. The van der Waals surface area contributed by atoms with Crippen LogP contribution in [-0.2, 0) is 17.9 Å². The number of hydrogen-bond acceptors (Lipinski definition) is 3. The molecule has 0 aromatic carbocycles. The molecule has 48 valence electrons. The highest BCUT2D eigenvalue weighted by Gasteiger charge is 2.08. The van der Waals surface area contributed by atoms with Gasteiger partial charge in [-0.2, -0.15) is 5.10 Å². The minimum Gasteiger partial charge on any atom is -0.372 e. The van der Waals surface area contributed by atoms with E-state index in [2.05, 4.69) is 10.1 Å². The van der Waals surface area contributed by atoms with Crippen LogP contribution in [0.5, 0.6) is 0 Å². The molecule has 0 N–H and O–H groups in total. The van der Waals surface area contributed by atoms with E-state index in [9.17, 15) is 0 Å². The first-order chi connectivity index (χ1) is 4.47. The highest BCUT2D eigenvalue weighted by molar-refractivity contribution is 4.83. The molecule has 0 spiro atoms. The Hall–Kier alpha value is -0.900. The molecule has 1 aromatic heterocycles. The zero-order valence-electron chi connectivity index (χ0n) is 4.95. The fourth-order valence-electron chi connectivity index (χ4n) is 0.901. The zero-order chi connectivity index (χ0) is 6.10. The number of hydrogen-bond donors (Lipinski definition) is 0. The number of nitrogens with zero attached hydrogens (tertiary/aromatic N) is 3. The van der Waals surface area contributed by atoms with Gasteiger partial charge in [-0.3, -0.25) is 0 Å². The fraction of sp³-hybridized carbons (Fsp3) is 0.600. The minimum atomic E-state index is 0.611. The lowest BCUT2D eigenvalue weighted by Crippen LogP contribution is -2.17. The van der Waals surface area contributed by atoms with Crippen LogP contribution in [0.2, 0.25) is 0 Å². The first-order valence-electron chi connectivity index (χ1n) is 2.91. The maximum Gasteiger partial charge on any atom is 0.152 e. The second-order valence-electron chi connectivity index (χ2n) is 1.95. The van der Waals surface area contributed by atoms with Gasteiger partial charge in [-0.15, -0.1) is 0 Å². The van der Waals surface area contributed by atoms with Crippen molar-refractivity contribution in [2.75, 3.05) is 6.61 Å². The van der Waals surface area contributed by atoms with E-state index < -0.39 is 0 Å². The second-order valence-corrected chi connectivity index (χ2v) is 1.95. The Labute approximate surface area is 52.5 Å². The molecule has 2 rings (SSSR count). The normalized spacial score (nSPS) is 17.3. The van der Waals surface area contributed by atoms with Crippen LogP contribution in [-0.4, -0.2) is 21.4 Å². The average Bonchev–Trinajstić information content (AvgIpc) is 2.33. The molecule has 0 aliphatic carbocycles. The van der Waals surface area contributed by atoms with Crippen molar-refractivity contribution in [3.05, 3.63) is 12.2 Å². The van der Waals surface area contributed by atoms with Gasteiger partial charge in [0, 0.05) is 0 Å². The maximum atomic E-state index is 5.13. The van der Waals surface area contributed by atoms with Crippen LogP contribution in [0.15, 0.2) is 6.33 Å². The molecule has 4 heteroatoms. The van der Waals surface area contributed by atoms with Crippen LogP contribution < -0.4 is 0 Å². The van der Waals surface area contributed by atoms with E-state index in [-0.39, 0.29) is 0 Å². The summed E-state index contributed by atoms with van der Waals surface area (Å²) in [6, 6.07) is 0. The Bertz CT molecular complexity index is 187. The summed E-state index contributed by atoms with van der Waals surface area (Å²) in [5, 5.41) is 3.98. The van der Waals surface area contributed by atoms with Crippen LogP contribution in [0.25, 0.3) is 0 Å². The van der Waals surface area contributed by atoms with Crippen LogP contribution >= 0.6 is 0 Å². The largest absolute Gasteiger partial charge is 0.372 e. The molecular weight excluding hydrogens is 118 g/mol. The van der Waals surface area contributed by atoms with E-state index >= 15 is 0 Å².